The molecule has 0 N–H and O–H groups in total. The van der Waals surface area contributed by atoms with Crippen molar-refractivity contribution in [1.29, 1.82) is 5.26 Å². The SMILES string of the molecule is C#CCCCCCC(=O)N(Cc1ccccc1)c1ccc(C#N)cn1. The molecular weight excluding hydrogens is 310 g/mol. The van der Waals surface area contributed by atoms with Gasteiger partial charge in [-0.05, 0) is 30.5 Å². The van der Waals surface area contributed by atoms with Crippen LogP contribution in [0.5, 0.6) is 0 Å². The maximum atomic E-state index is 12.7. The molecule has 0 unspecified atom stereocenters. The van der Waals surface area contributed by atoms with E-state index in [2.05, 4.69) is 10.9 Å². The zero-order chi connectivity index (χ0) is 17.9. The summed E-state index contributed by atoms with van der Waals surface area (Å²) in [5, 5.41) is 8.91. The van der Waals surface area contributed by atoms with Crippen LogP contribution in [0, 0.1) is 23.7 Å². The van der Waals surface area contributed by atoms with Gasteiger partial charge in [0.1, 0.15) is 11.9 Å². The van der Waals surface area contributed by atoms with Gasteiger partial charge in [0.05, 0.1) is 12.1 Å². The zero-order valence-electron chi connectivity index (χ0n) is 14.2. The summed E-state index contributed by atoms with van der Waals surface area (Å²) in [7, 11) is 0. The third-order valence-corrected chi connectivity index (χ3v) is 3.85. The Hall–Kier alpha value is -3.11. The molecular formula is C21H21N3O. The number of nitriles is 1. The molecule has 0 radical (unpaired) electrons. The van der Waals surface area contributed by atoms with Crippen LogP contribution in [0.25, 0.3) is 0 Å². The molecule has 0 aliphatic carbocycles. The number of amides is 1. The minimum Gasteiger partial charge on any atom is -0.292 e. The number of nitrogens with zero attached hydrogens (tertiary/aromatic N) is 3. The number of benzene rings is 1. The van der Waals surface area contributed by atoms with E-state index in [4.69, 9.17) is 11.7 Å². The van der Waals surface area contributed by atoms with E-state index in [1.807, 2.05) is 36.4 Å². The van der Waals surface area contributed by atoms with Crippen LogP contribution in [-0.4, -0.2) is 10.9 Å². The maximum Gasteiger partial charge on any atom is 0.228 e. The minimum atomic E-state index is 0.0294. The highest BCUT2D eigenvalue weighted by atomic mass is 16.2. The average Bonchev–Trinajstić information content (AvgIpc) is 2.67. The molecule has 126 valence electrons. The highest BCUT2D eigenvalue weighted by Crippen LogP contribution is 2.18. The van der Waals surface area contributed by atoms with Crippen molar-refractivity contribution in [2.75, 3.05) is 4.90 Å². The van der Waals surface area contributed by atoms with Crippen molar-refractivity contribution < 1.29 is 4.79 Å². The molecule has 0 aliphatic rings. The Morgan fingerprint density at radius 1 is 1.12 bits per heavy atom. The Morgan fingerprint density at radius 2 is 1.92 bits per heavy atom. The fourth-order valence-electron chi connectivity index (χ4n) is 2.49. The number of unbranched alkanes of at least 4 members (excludes halogenated alkanes) is 3. The van der Waals surface area contributed by atoms with Crippen LogP contribution >= 0.6 is 0 Å². The minimum absolute atomic E-state index is 0.0294. The van der Waals surface area contributed by atoms with Gasteiger partial charge in [-0.15, -0.1) is 12.3 Å². The van der Waals surface area contributed by atoms with Crippen molar-refractivity contribution in [1.82, 2.24) is 4.98 Å². The standard InChI is InChI=1S/C21H21N3O/c1-2-3-4-5-9-12-21(25)24(17-18-10-7-6-8-11-18)20-14-13-19(15-22)16-23-20/h1,6-8,10-11,13-14,16H,3-5,9,12,17H2. The van der Waals surface area contributed by atoms with Crippen LogP contribution in [0.3, 0.4) is 0 Å². The number of hydrogen-bond acceptors (Lipinski definition) is 3. The van der Waals surface area contributed by atoms with Gasteiger partial charge in [0.25, 0.3) is 0 Å². The van der Waals surface area contributed by atoms with Gasteiger partial charge in [-0.1, -0.05) is 36.8 Å². The summed E-state index contributed by atoms with van der Waals surface area (Å²) in [5.41, 5.74) is 1.51. The smallest absolute Gasteiger partial charge is 0.228 e. The van der Waals surface area contributed by atoms with E-state index >= 15 is 0 Å². The third kappa shape index (κ3) is 5.79. The van der Waals surface area contributed by atoms with Gasteiger partial charge >= 0.3 is 0 Å². The molecule has 0 aliphatic heterocycles. The molecule has 4 nitrogen and oxygen atoms in total. The lowest BCUT2D eigenvalue weighted by Gasteiger charge is -2.22. The van der Waals surface area contributed by atoms with E-state index in [0.717, 1.165) is 31.2 Å². The first-order chi connectivity index (χ1) is 12.2. The molecule has 1 aromatic heterocycles. The first-order valence-corrected chi connectivity index (χ1v) is 8.38. The largest absolute Gasteiger partial charge is 0.292 e. The predicted octanol–water partition coefficient (Wildman–Crippen LogP) is 4.07. The molecule has 0 spiro atoms. The second-order valence-electron chi connectivity index (χ2n) is 5.75. The Morgan fingerprint density at radius 3 is 2.56 bits per heavy atom. The summed E-state index contributed by atoms with van der Waals surface area (Å²) in [6.07, 6.45) is 10.6. The van der Waals surface area contributed by atoms with Gasteiger partial charge < -0.3 is 0 Å². The lowest BCUT2D eigenvalue weighted by atomic mass is 10.1. The number of hydrogen-bond donors (Lipinski definition) is 0. The highest BCUT2D eigenvalue weighted by Gasteiger charge is 2.17. The van der Waals surface area contributed by atoms with Crippen LogP contribution in [-0.2, 0) is 11.3 Å². The first kappa shape index (κ1) is 18.2. The van der Waals surface area contributed by atoms with E-state index in [9.17, 15) is 4.79 Å². The Bertz CT molecular complexity index is 754. The van der Waals surface area contributed by atoms with Crippen LogP contribution < -0.4 is 4.90 Å². The van der Waals surface area contributed by atoms with Gasteiger partial charge in [0.15, 0.2) is 0 Å². The van der Waals surface area contributed by atoms with Crippen molar-refractivity contribution in [2.45, 2.75) is 38.6 Å². The van der Waals surface area contributed by atoms with E-state index in [1.165, 1.54) is 6.20 Å². The summed E-state index contributed by atoms with van der Waals surface area (Å²) < 4.78 is 0. The summed E-state index contributed by atoms with van der Waals surface area (Å²) in [6.45, 7) is 0.461. The number of carbonyl (C=O) groups excluding carboxylic acids is 1. The molecule has 0 saturated carbocycles. The van der Waals surface area contributed by atoms with Gasteiger partial charge in [-0.25, -0.2) is 4.98 Å². The molecule has 1 heterocycles. The summed E-state index contributed by atoms with van der Waals surface area (Å²) in [6, 6.07) is 15.3. The molecule has 2 rings (SSSR count). The van der Waals surface area contributed by atoms with E-state index in [0.29, 0.717) is 24.3 Å². The van der Waals surface area contributed by atoms with Gasteiger partial charge in [-0.2, -0.15) is 5.26 Å². The summed E-state index contributed by atoms with van der Waals surface area (Å²) in [4.78, 5) is 18.7. The lowest BCUT2D eigenvalue weighted by Crippen LogP contribution is -2.31. The van der Waals surface area contributed by atoms with Crippen molar-refractivity contribution >= 4 is 11.7 Å². The van der Waals surface area contributed by atoms with Crippen molar-refractivity contribution in [3.8, 4) is 18.4 Å². The number of terminal acetylenes is 1. The summed E-state index contributed by atoms with van der Waals surface area (Å²) >= 11 is 0. The number of anilines is 1. The molecule has 25 heavy (non-hydrogen) atoms. The predicted molar refractivity (Wildman–Crippen MR) is 98.5 cm³/mol. The monoisotopic (exact) mass is 331 g/mol. The normalized spacial score (nSPS) is 9.84. The van der Waals surface area contributed by atoms with Crippen LogP contribution in [0.4, 0.5) is 5.82 Å². The van der Waals surface area contributed by atoms with E-state index < -0.39 is 0 Å². The Balaban J connectivity index is 2.09. The number of carbonyl (C=O) groups is 1. The Labute approximate surface area is 149 Å². The molecule has 1 aromatic carbocycles. The lowest BCUT2D eigenvalue weighted by molar-refractivity contribution is -0.118. The molecule has 0 atom stereocenters. The van der Waals surface area contributed by atoms with E-state index in [1.54, 1.807) is 17.0 Å². The average molecular weight is 331 g/mol. The first-order valence-electron chi connectivity index (χ1n) is 8.38. The van der Waals surface area contributed by atoms with Crippen LogP contribution in [0.15, 0.2) is 48.7 Å². The van der Waals surface area contributed by atoms with Gasteiger partial charge in [-0.3, -0.25) is 9.69 Å². The Kier molecular flexibility index (Phi) is 7.22. The molecule has 0 fully saturated rings. The zero-order valence-corrected chi connectivity index (χ0v) is 14.2. The molecule has 1 amide bonds. The molecule has 0 saturated heterocycles. The van der Waals surface area contributed by atoms with Gasteiger partial charge in [0.2, 0.25) is 5.91 Å². The second kappa shape index (κ2) is 9.90. The molecule has 4 heteroatoms. The van der Waals surface area contributed by atoms with Crippen LogP contribution in [0.1, 0.15) is 43.2 Å². The fraction of sp³-hybridized carbons (Fsp3) is 0.286. The van der Waals surface area contributed by atoms with Crippen molar-refractivity contribution in [3.63, 3.8) is 0 Å². The maximum absolute atomic E-state index is 12.7. The second-order valence-corrected chi connectivity index (χ2v) is 5.75. The third-order valence-electron chi connectivity index (χ3n) is 3.85. The van der Waals surface area contributed by atoms with Crippen LogP contribution in [0.2, 0.25) is 0 Å². The van der Waals surface area contributed by atoms with Gasteiger partial charge in [0, 0.05) is 19.0 Å². The summed E-state index contributed by atoms with van der Waals surface area (Å²) in [5.74, 6) is 3.21. The van der Waals surface area contributed by atoms with Crippen molar-refractivity contribution in [3.05, 3.63) is 59.8 Å². The van der Waals surface area contributed by atoms with Crippen molar-refractivity contribution in [2.24, 2.45) is 0 Å². The number of aromatic nitrogens is 1. The molecule has 2 aromatic rings. The molecule has 0 bridgehead atoms. The quantitative estimate of drug-likeness (QED) is 0.541. The number of rotatable bonds is 8. The highest BCUT2D eigenvalue weighted by molar-refractivity contribution is 5.92. The number of pyridine rings is 1. The topological polar surface area (TPSA) is 57.0 Å². The van der Waals surface area contributed by atoms with E-state index in [-0.39, 0.29) is 5.91 Å². The fourth-order valence-corrected chi connectivity index (χ4v) is 2.49.